The minimum atomic E-state index is -0.825. The molecule has 0 spiro atoms. The molecule has 0 saturated carbocycles. The van der Waals surface area contributed by atoms with Crippen molar-refractivity contribution in [1.82, 2.24) is 0 Å². The van der Waals surface area contributed by atoms with Crippen LogP contribution < -0.4 is 0 Å². The van der Waals surface area contributed by atoms with E-state index in [1.807, 2.05) is 12.2 Å². The summed E-state index contributed by atoms with van der Waals surface area (Å²) >= 11 is 0. The molecule has 0 saturated heterocycles. The Hall–Kier alpha value is -4.45. The van der Waals surface area contributed by atoms with E-state index in [9.17, 15) is 14.4 Å². The fraction of sp³-hybridized carbons (Fsp3) is 0.590. The zero-order valence-electron chi connectivity index (χ0n) is 42.9. The first-order chi connectivity index (χ1) is 33.0. The number of hydrogen-bond donors (Lipinski definition) is 0. The van der Waals surface area contributed by atoms with Crippen LogP contribution in [-0.4, -0.2) is 37.2 Å². The summed E-state index contributed by atoms with van der Waals surface area (Å²) in [6.45, 7) is 6.27. The fourth-order valence-corrected chi connectivity index (χ4v) is 6.73. The Morgan fingerprint density at radius 1 is 0.313 bits per heavy atom. The van der Waals surface area contributed by atoms with Gasteiger partial charge in [0.2, 0.25) is 0 Å². The molecule has 0 aliphatic carbocycles. The Labute approximate surface area is 411 Å². The molecule has 6 heteroatoms. The van der Waals surface area contributed by atoms with Crippen molar-refractivity contribution in [3.8, 4) is 0 Å². The maximum atomic E-state index is 12.7. The first kappa shape index (κ1) is 62.5. The van der Waals surface area contributed by atoms with Gasteiger partial charge in [-0.3, -0.25) is 14.4 Å². The summed E-state index contributed by atoms with van der Waals surface area (Å²) in [7, 11) is 0. The van der Waals surface area contributed by atoms with Crippen LogP contribution in [-0.2, 0) is 28.6 Å². The van der Waals surface area contributed by atoms with E-state index < -0.39 is 12.1 Å². The van der Waals surface area contributed by atoms with E-state index in [0.717, 1.165) is 116 Å². The smallest absolute Gasteiger partial charge is 0.306 e. The number of allylic oxidation sites excluding steroid dienone is 22. The van der Waals surface area contributed by atoms with E-state index >= 15 is 0 Å². The molecule has 0 aliphatic rings. The summed E-state index contributed by atoms with van der Waals surface area (Å²) in [4.78, 5) is 37.8. The van der Waals surface area contributed by atoms with Crippen molar-refractivity contribution in [2.24, 2.45) is 0 Å². The summed E-state index contributed by atoms with van der Waals surface area (Å²) < 4.78 is 16.7. The van der Waals surface area contributed by atoms with Crippen molar-refractivity contribution >= 4 is 17.9 Å². The van der Waals surface area contributed by atoms with Gasteiger partial charge < -0.3 is 14.2 Å². The molecule has 0 aromatic carbocycles. The second-order valence-electron chi connectivity index (χ2n) is 17.0. The lowest BCUT2D eigenvalue weighted by Crippen LogP contribution is -2.30. The minimum absolute atomic E-state index is 0.116. The number of rotatable bonds is 46. The molecule has 376 valence electrons. The number of carbonyl (C=O) groups is 3. The molecule has 0 N–H and O–H groups in total. The summed E-state index contributed by atoms with van der Waals surface area (Å²) in [6.07, 6.45) is 76.1. The average Bonchev–Trinajstić information content (AvgIpc) is 3.33. The first-order valence-corrected chi connectivity index (χ1v) is 26.7. The van der Waals surface area contributed by atoms with Crippen LogP contribution in [0.25, 0.3) is 0 Å². The molecule has 0 aromatic heterocycles. The number of ether oxygens (including phenoxy) is 3. The summed E-state index contributed by atoms with van der Waals surface area (Å²) in [6, 6.07) is 0. The monoisotopic (exact) mass is 925 g/mol. The normalized spacial score (nSPS) is 13.2. The molecule has 1 unspecified atom stereocenters. The Morgan fingerprint density at radius 2 is 0.612 bits per heavy atom. The molecule has 0 fully saturated rings. The second-order valence-corrected chi connectivity index (χ2v) is 17.0. The van der Waals surface area contributed by atoms with E-state index in [4.69, 9.17) is 14.2 Å². The maximum Gasteiger partial charge on any atom is 0.306 e. The van der Waals surface area contributed by atoms with Gasteiger partial charge in [-0.25, -0.2) is 0 Å². The van der Waals surface area contributed by atoms with E-state index in [1.54, 1.807) is 0 Å². The highest BCUT2D eigenvalue weighted by Crippen LogP contribution is 2.13. The molecule has 0 heterocycles. The topological polar surface area (TPSA) is 78.9 Å². The third-order valence-corrected chi connectivity index (χ3v) is 10.7. The Bertz CT molecular complexity index is 1480. The second kappa shape index (κ2) is 54.2. The van der Waals surface area contributed by atoms with Crippen molar-refractivity contribution in [3.05, 3.63) is 134 Å². The Balaban J connectivity index is 4.39. The summed E-state index contributed by atoms with van der Waals surface area (Å²) in [5.74, 6) is -1.03. The van der Waals surface area contributed by atoms with Gasteiger partial charge in [-0.2, -0.15) is 0 Å². The standard InChI is InChI=1S/C61H96O6/c1-4-7-10-13-16-18-20-22-24-26-28-29-30-31-33-34-36-38-40-42-45-48-51-54-60(63)66-57-58(56-65-59(62)53-50-47-44-15-12-9-6-3)67-61(64)55-52-49-46-43-41-39-37-35-32-27-25-23-21-19-17-14-11-8-5-2/h7-8,10-11,16-19,22-25,28-29,31-33,35,39,41,46,49,58H,4-6,9,12-15,20-21,26-27,30,34,36-38,40,42-45,47-48,50-57H2,1-3H3/b10-7-,11-8-,18-16-,19-17-,24-22-,25-23-,29-28-,33-31-,35-32-,41-39-,49-46-. The molecular weight excluding hydrogens is 829 g/mol. The van der Waals surface area contributed by atoms with Gasteiger partial charge >= 0.3 is 17.9 Å². The van der Waals surface area contributed by atoms with E-state index in [1.165, 1.54) is 51.4 Å². The third-order valence-electron chi connectivity index (χ3n) is 10.7. The molecule has 0 bridgehead atoms. The van der Waals surface area contributed by atoms with Crippen LogP contribution in [0.2, 0.25) is 0 Å². The van der Waals surface area contributed by atoms with Gasteiger partial charge in [-0.1, -0.05) is 225 Å². The van der Waals surface area contributed by atoms with Gasteiger partial charge in [-0.15, -0.1) is 0 Å². The number of unbranched alkanes of at least 4 members (excludes halogenated alkanes) is 13. The lowest BCUT2D eigenvalue weighted by atomic mass is 10.1. The number of carbonyl (C=O) groups excluding carboxylic acids is 3. The largest absolute Gasteiger partial charge is 0.462 e. The van der Waals surface area contributed by atoms with Crippen LogP contribution in [0.1, 0.15) is 213 Å². The van der Waals surface area contributed by atoms with Crippen molar-refractivity contribution in [2.75, 3.05) is 13.2 Å². The van der Waals surface area contributed by atoms with Crippen LogP contribution in [0, 0.1) is 0 Å². The molecule has 6 nitrogen and oxygen atoms in total. The number of hydrogen-bond acceptors (Lipinski definition) is 6. The lowest BCUT2D eigenvalue weighted by molar-refractivity contribution is -0.166. The molecule has 0 rings (SSSR count). The van der Waals surface area contributed by atoms with Gasteiger partial charge in [0.05, 0.1) is 0 Å². The van der Waals surface area contributed by atoms with Crippen LogP contribution in [0.15, 0.2) is 134 Å². The predicted molar refractivity (Wildman–Crippen MR) is 288 cm³/mol. The molecule has 0 amide bonds. The van der Waals surface area contributed by atoms with Gasteiger partial charge in [0.1, 0.15) is 13.2 Å². The summed E-state index contributed by atoms with van der Waals surface area (Å²) in [5.41, 5.74) is 0. The Kier molecular flexibility index (Phi) is 50.6. The lowest BCUT2D eigenvalue weighted by Gasteiger charge is -2.18. The van der Waals surface area contributed by atoms with Gasteiger partial charge in [0.25, 0.3) is 0 Å². The van der Waals surface area contributed by atoms with E-state index in [2.05, 4.69) is 142 Å². The van der Waals surface area contributed by atoms with Gasteiger partial charge in [0, 0.05) is 19.3 Å². The highest BCUT2D eigenvalue weighted by molar-refractivity contribution is 5.71. The summed E-state index contributed by atoms with van der Waals surface area (Å²) in [5, 5.41) is 0. The first-order valence-electron chi connectivity index (χ1n) is 26.7. The minimum Gasteiger partial charge on any atom is -0.462 e. The van der Waals surface area contributed by atoms with Gasteiger partial charge in [0.15, 0.2) is 6.10 Å². The molecule has 67 heavy (non-hydrogen) atoms. The third kappa shape index (κ3) is 52.4. The van der Waals surface area contributed by atoms with Crippen LogP contribution in [0.4, 0.5) is 0 Å². The van der Waals surface area contributed by atoms with Crippen molar-refractivity contribution < 1.29 is 28.6 Å². The van der Waals surface area contributed by atoms with E-state index in [-0.39, 0.29) is 31.6 Å². The van der Waals surface area contributed by atoms with Crippen LogP contribution >= 0.6 is 0 Å². The van der Waals surface area contributed by atoms with Gasteiger partial charge in [-0.05, 0) is 103 Å². The maximum absolute atomic E-state index is 12.7. The zero-order valence-corrected chi connectivity index (χ0v) is 42.9. The number of esters is 3. The molecule has 0 aliphatic heterocycles. The molecule has 1 atom stereocenters. The highest BCUT2D eigenvalue weighted by Gasteiger charge is 2.19. The van der Waals surface area contributed by atoms with Crippen molar-refractivity contribution in [2.45, 2.75) is 219 Å². The SMILES string of the molecule is CC/C=C\C/C=C\C/C=C\C/C=C\C/C=C\C/C=C\CCC(=O)OC(COC(=O)CCCCCCCCC)COC(=O)CCCCCCCCC/C=C\C/C=C\C/C=C\C/C=C\C/C=C\CC. The molecule has 0 radical (unpaired) electrons. The van der Waals surface area contributed by atoms with Crippen LogP contribution in [0.5, 0.6) is 0 Å². The zero-order chi connectivity index (χ0) is 48.6. The Morgan fingerprint density at radius 3 is 0.970 bits per heavy atom. The van der Waals surface area contributed by atoms with Crippen LogP contribution in [0.3, 0.4) is 0 Å². The quantitative estimate of drug-likeness (QED) is 0.0262. The van der Waals surface area contributed by atoms with Crippen molar-refractivity contribution in [1.29, 1.82) is 0 Å². The average molecular weight is 925 g/mol. The fourth-order valence-electron chi connectivity index (χ4n) is 6.73. The predicted octanol–water partition coefficient (Wildman–Crippen LogP) is 17.9. The highest BCUT2D eigenvalue weighted by atomic mass is 16.6. The molecule has 0 aromatic rings. The van der Waals surface area contributed by atoms with Crippen molar-refractivity contribution in [3.63, 3.8) is 0 Å². The van der Waals surface area contributed by atoms with E-state index in [0.29, 0.717) is 19.3 Å². The molecular formula is C61H96O6.